The number of hydrogen-bond acceptors (Lipinski definition) is 6. The zero-order valence-electron chi connectivity index (χ0n) is 20.0. The van der Waals surface area contributed by atoms with E-state index in [0.717, 1.165) is 29.7 Å². The fourth-order valence-electron chi connectivity index (χ4n) is 3.91. The summed E-state index contributed by atoms with van der Waals surface area (Å²) in [5.41, 5.74) is 5.23. The van der Waals surface area contributed by atoms with Crippen molar-refractivity contribution >= 4 is 28.2 Å². The molecule has 0 bridgehead atoms. The molecule has 0 fully saturated rings. The van der Waals surface area contributed by atoms with Gasteiger partial charge in [0.05, 0.1) is 11.2 Å². The van der Waals surface area contributed by atoms with Crippen LogP contribution in [-0.2, 0) is 26.0 Å². The number of aliphatic carboxylic acids is 1. The lowest BCUT2D eigenvalue weighted by Crippen LogP contribution is -2.39. The maximum absolute atomic E-state index is 13.0. The van der Waals surface area contributed by atoms with E-state index in [0.29, 0.717) is 17.5 Å². The molecule has 2 rings (SSSR count). The van der Waals surface area contributed by atoms with Crippen LogP contribution < -0.4 is 20.3 Å². The lowest BCUT2D eigenvalue weighted by atomic mass is 9.88. The fourth-order valence-corrected chi connectivity index (χ4v) is 5.30. The summed E-state index contributed by atoms with van der Waals surface area (Å²) in [4.78, 5) is 28.7. The first-order valence-corrected chi connectivity index (χ1v) is 12.3. The Hall–Kier alpha value is -2.66. The zero-order valence-corrected chi connectivity index (χ0v) is 20.9. The summed E-state index contributed by atoms with van der Waals surface area (Å²) in [5, 5.41) is 11.4. The summed E-state index contributed by atoms with van der Waals surface area (Å²) in [7, 11) is -3.87. The molecular weight excluding hydrogens is 448 g/mol. The van der Waals surface area contributed by atoms with E-state index in [1.165, 1.54) is 13.3 Å². The van der Waals surface area contributed by atoms with Crippen LogP contribution in [0.5, 0.6) is 5.75 Å². The Balaban J connectivity index is 2.02. The minimum absolute atomic E-state index is 0.212. The average molecular weight is 483 g/mol. The number of benzene rings is 1. The van der Waals surface area contributed by atoms with Gasteiger partial charge < -0.3 is 15.2 Å². The number of rotatable bonds is 10. The van der Waals surface area contributed by atoms with Crippen molar-refractivity contribution in [3.8, 4) is 5.75 Å². The van der Waals surface area contributed by atoms with E-state index in [9.17, 15) is 18.0 Å². The maximum atomic E-state index is 13.0. The van der Waals surface area contributed by atoms with Crippen LogP contribution in [0.2, 0.25) is 0 Å². The molecule has 10 nitrogen and oxygen atoms in total. The van der Waals surface area contributed by atoms with E-state index in [1.807, 2.05) is 20.8 Å². The number of aliphatic imine (C=N–C) groups is 1. The normalized spacial score (nSPS) is 16.1. The fraction of sp³-hybridized carbons (Fsp3) is 0.591. The van der Waals surface area contributed by atoms with Gasteiger partial charge in [-0.25, -0.2) is 13.2 Å². The van der Waals surface area contributed by atoms with Gasteiger partial charge in [0, 0.05) is 13.5 Å². The van der Waals surface area contributed by atoms with Gasteiger partial charge in [-0.05, 0) is 82.6 Å². The Morgan fingerprint density at radius 1 is 1.21 bits per heavy atom. The van der Waals surface area contributed by atoms with Crippen molar-refractivity contribution in [1.29, 1.82) is 0 Å². The molecule has 0 radical (unpaired) electrons. The van der Waals surface area contributed by atoms with Gasteiger partial charge in [0.2, 0.25) is 5.91 Å². The minimum Gasteiger partial charge on any atom is -0.487 e. The highest BCUT2D eigenvalue weighted by molar-refractivity contribution is 7.89. The number of fused-ring (bicyclic) bond motifs is 1. The van der Waals surface area contributed by atoms with Crippen LogP contribution in [0.3, 0.4) is 0 Å². The number of sulfonamides is 1. The highest BCUT2D eigenvalue weighted by Gasteiger charge is 2.33. The van der Waals surface area contributed by atoms with E-state index >= 15 is 0 Å². The summed E-state index contributed by atoms with van der Waals surface area (Å²) in [5.74, 6) is -0.756. The van der Waals surface area contributed by atoms with Crippen LogP contribution >= 0.6 is 0 Å². The number of amides is 1. The van der Waals surface area contributed by atoms with E-state index in [1.54, 1.807) is 13.8 Å². The molecule has 1 aromatic carbocycles. The second kappa shape index (κ2) is 10.5. The molecule has 0 unspecified atom stereocenters. The van der Waals surface area contributed by atoms with Crippen molar-refractivity contribution in [2.45, 2.75) is 83.8 Å². The molecule has 0 spiro atoms. The lowest BCUT2D eigenvalue weighted by molar-refractivity contribution is -0.141. The number of hydrazine groups is 1. The highest BCUT2D eigenvalue weighted by atomic mass is 32.2. The van der Waals surface area contributed by atoms with Crippen LogP contribution in [0, 0.1) is 20.8 Å². The molecule has 184 valence electrons. The van der Waals surface area contributed by atoms with Gasteiger partial charge in [-0.3, -0.25) is 15.2 Å². The van der Waals surface area contributed by atoms with Crippen LogP contribution in [-0.4, -0.2) is 49.9 Å². The van der Waals surface area contributed by atoms with E-state index in [-0.39, 0.29) is 23.5 Å². The number of carboxylic acid groups (broad SMARTS) is 1. The molecule has 0 saturated heterocycles. The smallest absolute Gasteiger partial charge is 0.326 e. The number of ether oxygens (including phenoxy) is 1. The topological polar surface area (TPSA) is 146 Å². The molecule has 1 aromatic rings. The third kappa shape index (κ3) is 6.67. The molecule has 1 aliphatic heterocycles. The maximum Gasteiger partial charge on any atom is 0.326 e. The summed E-state index contributed by atoms with van der Waals surface area (Å²) >= 11 is 0. The van der Waals surface area contributed by atoms with Crippen molar-refractivity contribution in [2.75, 3.05) is 6.54 Å². The van der Waals surface area contributed by atoms with Crippen molar-refractivity contribution in [1.82, 2.24) is 15.6 Å². The molecule has 1 amide bonds. The molecule has 1 aliphatic rings. The Labute approximate surface area is 195 Å². The molecule has 1 heterocycles. The van der Waals surface area contributed by atoms with Gasteiger partial charge in [-0.1, -0.05) is 0 Å². The first-order valence-electron chi connectivity index (χ1n) is 10.8. The molecule has 0 aliphatic carbocycles. The highest BCUT2D eigenvalue weighted by Crippen LogP contribution is 2.41. The first-order chi connectivity index (χ1) is 15.3. The monoisotopic (exact) mass is 482 g/mol. The Morgan fingerprint density at radius 3 is 2.48 bits per heavy atom. The zero-order chi connectivity index (χ0) is 25.0. The van der Waals surface area contributed by atoms with Crippen molar-refractivity contribution in [3.63, 3.8) is 0 Å². The molecule has 1 atom stereocenters. The molecule has 33 heavy (non-hydrogen) atoms. The van der Waals surface area contributed by atoms with E-state index in [4.69, 9.17) is 9.84 Å². The number of carbonyl (C=O) groups excluding carboxylic acids is 1. The molecular formula is C22H34N4O6S. The largest absolute Gasteiger partial charge is 0.487 e. The third-order valence-corrected chi connectivity index (χ3v) is 7.28. The third-order valence-electron chi connectivity index (χ3n) is 5.74. The standard InChI is InChI=1S/C22H34N4O6S/c1-13-14(2)20(15(3)17-9-10-22(5,6)32-19(13)17)33(30,31)26-24-12-23-11-7-8-18(21(28)29)25-16(4)27/h12,18,26H,7-11H2,1-6H3,(H,23,24)(H,25,27)(H,28,29)/t18-/m0/s1. The predicted molar refractivity (Wildman–Crippen MR) is 125 cm³/mol. The average Bonchev–Trinajstić information content (AvgIpc) is 2.69. The van der Waals surface area contributed by atoms with Crippen molar-refractivity contribution in [3.05, 3.63) is 22.3 Å². The minimum atomic E-state index is -3.87. The SMILES string of the molecule is CC(=O)N[C@@H](CCCN=CNNS(=O)(=O)c1c(C)c(C)c2c(c1C)CCC(C)(C)O2)C(=O)O. The number of carboxylic acids is 1. The van der Waals surface area contributed by atoms with Crippen molar-refractivity contribution < 1.29 is 27.9 Å². The van der Waals surface area contributed by atoms with Gasteiger partial charge >= 0.3 is 5.97 Å². The Kier molecular flexibility index (Phi) is 8.47. The molecule has 11 heteroatoms. The first kappa shape index (κ1) is 26.6. The number of carbonyl (C=O) groups is 2. The van der Waals surface area contributed by atoms with Crippen molar-refractivity contribution in [2.24, 2.45) is 4.99 Å². The molecule has 0 saturated carbocycles. The van der Waals surface area contributed by atoms with Gasteiger partial charge in [-0.15, -0.1) is 4.83 Å². The summed E-state index contributed by atoms with van der Waals surface area (Å²) in [6.45, 7) is 11.0. The second-order valence-corrected chi connectivity index (χ2v) is 10.5. The van der Waals surface area contributed by atoms with Crippen LogP contribution in [0.4, 0.5) is 0 Å². The van der Waals surface area contributed by atoms with Gasteiger partial charge in [-0.2, -0.15) is 0 Å². The number of hydrogen-bond donors (Lipinski definition) is 4. The van der Waals surface area contributed by atoms with Gasteiger partial charge in [0.25, 0.3) is 10.0 Å². The lowest BCUT2D eigenvalue weighted by Gasteiger charge is -2.35. The summed E-state index contributed by atoms with van der Waals surface area (Å²) in [6, 6.07) is -0.975. The molecule has 0 aromatic heterocycles. The quantitative estimate of drug-likeness (QED) is 0.172. The number of nitrogens with one attached hydrogen (secondary N) is 3. The van der Waals surface area contributed by atoms with E-state index < -0.39 is 27.9 Å². The summed E-state index contributed by atoms with van der Waals surface area (Å²) < 4.78 is 32.2. The predicted octanol–water partition coefficient (Wildman–Crippen LogP) is 1.90. The van der Waals surface area contributed by atoms with Crippen LogP contribution in [0.1, 0.15) is 62.3 Å². The number of nitrogens with zero attached hydrogens (tertiary/aromatic N) is 1. The van der Waals surface area contributed by atoms with Gasteiger partial charge in [0.15, 0.2) is 0 Å². The van der Waals surface area contributed by atoms with Crippen LogP contribution in [0.15, 0.2) is 9.89 Å². The second-order valence-electron chi connectivity index (χ2n) is 8.89. The van der Waals surface area contributed by atoms with Crippen LogP contribution in [0.25, 0.3) is 0 Å². The Bertz CT molecular complexity index is 1050. The summed E-state index contributed by atoms with van der Waals surface area (Å²) in [6.07, 6.45) is 3.37. The van der Waals surface area contributed by atoms with E-state index in [2.05, 4.69) is 20.6 Å². The van der Waals surface area contributed by atoms with Gasteiger partial charge in [0.1, 0.15) is 17.4 Å². The molecule has 4 N–H and O–H groups in total. The Morgan fingerprint density at radius 2 is 1.88 bits per heavy atom.